The molecular weight excluding hydrogens is 330 g/mol. The number of hydrogen-bond donors (Lipinski definition) is 0. The summed E-state index contributed by atoms with van der Waals surface area (Å²) in [6.45, 7) is 5.31. The highest BCUT2D eigenvalue weighted by Crippen LogP contribution is 2.18. The molecule has 1 aromatic carbocycles. The third-order valence-corrected chi connectivity index (χ3v) is 4.02. The van der Waals surface area contributed by atoms with E-state index in [1.165, 1.54) is 0 Å². The quantitative estimate of drug-likeness (QED) is 0.741. The van der Waals surface area contributed by atoms with E-state index in [1.807, 2.05) is 24.3 Å². The molecule has 0 amide bonds. The molecule has 0 bridgehead atoms. The fourth-order valence-corrected chi connectivity index (χ4v) is 2.72. The van der Waals surface area contributed by atoms with Gasteiger partial charge in [0, 0.05) is 13.1 Å². The molecule has 0 radical (unpaired) electrons. The van der Waals surface area contributed by atoms with E-state index in [2.05, 4.69) is 16.9 Å². The van der Waals surface area contributed by atoms with Crippen LogP contribution in [0.3, 0.4) is 0 Å². The fourth-order valence-electron chi connectivity index (χ4n) is 2.52. The maximum Gasteiger partial charge on any atom is 0.288 e. The van der Waals surface area contributed by atoms with Crippen molar-refractivity contribution in [1.29, 1.82) is 0 Å². The summed E-state index contributed by atoms with van der Waals surface area (Å²) in [7, 11) is 1.63. The van der Waals surface area contributed by atoms with Crippen LogP contribution in [0.15, 0.2) is 28.7 Å². The van der Waals surface area contributed by atoms with Gasteiger partial charge in [-0.05, 0) is 43.4 Å². The van der Waals surface area contributed by atoms with Crippen LogP contribution < -0.4 is 9.47 Å². The standard InChI is InChI=1S/C16H21N3O4S/c1-12-9-18(7-8-21-12)11-19-16(24)23-15(17-19)10-22-14-5-3-13(20-2)4-6-14/h3-6,12H,7-11H2,1-2H3/t12-/m0/s1. The van der Waals surface area contributed by atoms with E-state index in [1.54, 1.807) is 11.8 Å². The van der Waals surface area contributed by atoms with Gasteiger partial charge in [0.05, 0.1) is 26.5 Å². The lowest BCUT2D eigenvalue weighted by molar-refractivity contribution is -0.0309. The minimum Gasteiger partial charge on any atom is -0.497 e. The first-order valence-corrected chi connectivity index (χ1v) is 8.22. The van der Waals surface area contributed by atoms with E-state index in [9.17, 15) is 0 Å². The summed E-state index contributed by atoms with van der Waals surface area (Å²) in [4.78, 5) is 2.59. The van der Waals surface area contributed by atoms with E-state index in [0.29, 0.717) is 23.1 Å². The molecule has 0 N–H and O–H groups in total. The highest BCUT2D eigenvalue weighted by molar-refractivity contribution is 7.71. The molecule has 1 fully saturated rings. The summed E-state index contributed by atoms with van der Waals surface area (Å²) in [5.74, 6) is 1.95. The summed E-state index contributed by atoms with van der Waals surface area (Å²) >= 11 is 5.24. The van der Waals surface area contributed by atoms with Crippen LogP contribution in [0.1, 0.15) is 12.8 Å². The number of benzene rings is 1. The molecule has 0 aliphatic carbocycles. The van der Waals surface area contributed by atoms with Gasteiger partial charge >= 0.3 is 0 Å². The smallest absolute Gasteiger partial charge is 0.288 e. The Kier molecular flexibility index (Phi) is 5.49. The monoisotopic (exact) mass is 351 g/mol. The molecule has 1 atom stereocenters. The molecule has 3 rings (SSSR count). The number of morpholine rings is 1. The molecule has 8 heteroatoms. The van der Waals surface area contributed by atoms with Gasteiger partial charge in [-0.1, -0.05) is 0 Å². The molecule has 1 aliphatic heterocycles. The van der Waals surface area contributed by atoms with E-state index in [-0.39, 0.29) is 12.7 Å². The number of ether oxygens (including phenoxy) is 3. The summed E-state index contributed by atoms with van der Waals surface area (Å²) in [5.41, 5.74) is 0. The van der Waals surface area contributed by atoms with Gasteiger partial charge in [0.1, 0.15) is 11.5 Å². The van der Waals surface area contributed by atoms with Crippen molar-refractivity contribution >= 4 is 12.2 Å². The number of hydrogen-bond acceptors (Lipinski definition) is 7. The Morgan fingerprint density at radius 3 is 2.75 bits per heavy atom. The second kappa shape index (κ2) is 7.78. The lowest BCUT2D eigenvalue weighted by Crippen LogP contribution is -2.42. The molecule has 0 saturated carbocycles. The van der Waals surface area contributed by atoms with Crippen LogP contribution in [-0.2, 0) is 18.0 Å². The van der Waals surface area contributed by atoms with E-state index in [4.69, 9.17) is 30.8 Å². The van der Waals surface area contributed by atoms with Crippen LogP contribution in [0.5, 0.6) is 11.5 Å². The lowest BCUT2D eigenvalue weighted by atomic mass is 10.3. The van der Waals surface area contributed by atoms with Crippen molar-refractivity contribution in [1.82, 2.24) is 14.7 Å². The van der Waals surface area contributed by atoms with Gasteiger partial charge in [-0.25, -0.2) is 4.68 Å². The normalized spacial score (nSPS) is 18.5. The summed E-state index contributed by atoms with van der Waals surface area (Å²) < 4.78 is 23.5. The average Bonchev–Trinajstić information content (AvgIpc) is 2.93. The predicted molar refractivity (Wildman–Crippen MR) is 89.6 cm³/mol. The number of nitrogens with zero attached hydrogens (tertiary/aromatic N) is 3. The minimum absolute atomic E-state index is 0.220. The molecule has 0 unspecified atom stereocenters. The van der Waals surface area contributed by atoms with E-state index in [0.717, 1.165) is 25.4 Å². The van der Waals surface area contributed by atoms with Crippen molar-refractivity contribution in [3.63, 3.8) is 0 Å². The lowest BCUT2D eigenvalue weighted by Gasteiger charge is -2.30. The Hall–Kier alpha value is -1.90. The summed E-state index contributed by atoms with van der Waals surface area (Å²) in [6, 6.07) is 7.34. The van der Waals surface area contributed by atoms with Crippen LogP contribution >= 0.6 is 12.2 Å². The Morgan fingerprint density at radius 1 is 1.29 bits per heavy atom. The third-order valence-electron chi connectivity index (χ3n) is 3.73. The molecular formula is C16H21N3O4S. The highest BCUT2D eigenvalue weighted by atomic mass is 32.1. The molecule has 2 heterocycles. The van der Waals surface area contributed by atoms with E-state index >= 15 is 0 Å². The van der Waals surface area contributed by atoms with Crippen molar-refractivity contribution in [3.05, 3.63) is 35.0 Å². The van der Waals surface area contributed by atoms with Crippen LogP contribution in [0, 0.1) is 4.84 Å². The van der Waals surface area contributed by atoms with Crippen molar-refractivity contribution < 1.29 is 18.6 Å². The Morgan fingerprint density at radius 2 is 2.04 bits per heavy atom. The van der Waals surface area contributed by atoms with Gasteiger partial charge in [0.25, 0.3) is 10.7 Å². The molecule has 24 heavy (non-hydrogen) atoms. The predicted octanol–water partition coefficient (Wildman–Crippen LogP) is 2.47. The van der Waals surface area contributed by atoms with Gasteiger partial charge in [0.15, 0.2) is 6.61 Å². The maximum atomic E-state index is 5.66. The fraction of sp³-hybridized carbons (Fsp3) is 0.500. The van der Waals surface area contributed by atoms with Crippen LogP contribution in [0.2, 0.25) is 0 Å². The SMILES string of the molecule is COc1ccc(OCc2nn(CN3CCO[C@@H](C)C3)c(=S)o2)cc1. The maximum absolute atomic E-state index is 5.66. The minimum atomic E-state index is 0.220. The van der Waals surface area contributed by atoms with Crippen LogP contribution in [-0.4, -0.2) is 47.6 Å². The number of aromatic nitrogens is 2. The average molecular weight is 351 g/mol. The largest absolute Gasteiger partial charge is 0.497 e. The molecule has 1 saturated heterocycles. The topological polar surface area (TPSA) is 61.9 Å². The third kappa shape index (κ3) is 4.34. The summed E-state index contributed by atoms with van der Waals surface area (Å²) in [5, 5.41) is 4.39. The van der Waals surface area contributed by atoms with E-state index < -0.39 is 0 Å². The van der Waals surface area contributed by atoms with Crippen molar-refractivity contribution in [2.75, 3.05) is 26.8 Å². The first kappa shape index (κ1) is 16.9. The molecule has 2 aromatic rings. The Labute approximate surface area is 145 Å². The zero-order valence-electron chi connectivity index (χ0n) is 13.8. The van der Waals surface area contributed by atoms with Crippen LogP contribution in [0.25, 0.3) is 0 Å². The molecule has 0 spiro atoms. The number of rotatable bonds is 6. The second-order valence-corrected chi connectivity index (χ2v) is 5.97. The number of methoxy groups -OCH3 is 1. The van der Waals surface area contributed by atoms with Crippen molar-refractivity contribution in [2.24, 2.45) is 0 Å². The molecule has 130 valence electrons. The van der Waals surface area contributed by atoms with Crippen molar-refractivity contribution in [3.8, 4) is 11.5 Å². The van der Waals surface area contributed by atoms with Gasteiger partial charge in [-0.2, -0.15) is 0 Å². The van der Waals surface area contributed by atoms with Gasteiger partial charge in [-0.15, -0.1) is 5.10 Å². The van der Waals surface area contributed by atoms with Gasteiger partial charge in [-0.3, -0.25) is 4.90 Å². The zero-order chi connectivity index (χ0) is 16.9. The first-order valence-electron chi connectivity index (χ1n) is 7.81. The van der Waals surface area contributed by atoms with Crippen LogP contribution in [0.4, 0.5) is 0 Å². The van der Waals surface area contributed by atoms with Gasteiger partial charge < -0.3 is 18.6 Å². The zero-order valence-corrected chi connectivity index (χ0v) is 14.6. The van der Waals surface area contributed by atoms with Gasteiger partial charge in [0.2, 0.25) is 0 Å². The highest BCUT2D eigenvalue weighted by Gasteiger charge is 2.18. The second-order valence-electron chi connectivity index (χ2n) is 5.63. The molecule has 1 aliphatic rings. The Bertz CT molecular complexity index is 713. The molecule has 1 aromatic heterocycles. The van der Waals surface area contributed by atoms with Crippen molar-refractivity contribution in [2.45, 2.75) is 26.3 Å². The molecule has 7 nitrogen and oxygen atoms in total. The summed E-state index contributed by atoms with van der Waals surface area (Å²) in [6.07, 6.45) is 0.220. The Balaban J connectivity index is 1.58. The first-order chi connectivity index (χ1) is 11.6.